The number of rotatable bonds is 6. The molecule has 0 aliphatic carbocycles. The van der Waals surface area contributed by atoms with Gasteiger partial charge in [-0.2, -0.15) is 18.2 Å². The number of nitrogens with zero attached hydrogens (tertiary/aromatic N) is 6. The van der Waals surface area contributed by atoms with E-state index in [1.165, 1.54) is 0 Å². The molecule has 1 aliphatic rings. The van der Waals surface area contributed by atoms with E-state index in [1.54, 1.807) is 26.2 Å². The van der Waals surface area contributed by atoms with Gasteiger partial charge in [-0.1, -0.05) is 0 Å². The van der Waals surface area contributed by atoms with Crippen LogP contribution in [0.5, 0.6) is 0 Å². The second kappa shape index (κ2) is 9.12. The first-order valence-corrected chi connectivity index (χ1v) is 10.9. The van der Waals surface area contributed by atoms with Crippen molar-refractivity contribution in [2.45, 2.75) is 58.3 Å². The molecule has 1 saturated heterocycles. The Labute approximate surface area is 189 Å². The number of piperidine rings is 1. The number of alkyl halides is 3. The average molecular weight is 464 g/mol. The quantitative estimate of drug-likeness (QED) is 0.556. The summed E-state index contributed by atoms with van der Waals surface area (Å²) in [5.41, 5.74) is 1.76. The van der Waals surface area contributed by atoms with Gasteiger partial charge in [-0.05, 0) is 70.9 Å². The third kappa shape index (κ3) is 5.02. The van der Waals surface area contributed by atoms with Crippen LogP contribution in [0.15, 0.2) is 22.8 Å². The van der Waals surface area contributed by atoms with Crippen LogP contribution >= 0.6 is 0 Å². The lowest BCUT2D eigenvalue weighted by Gasteiger charge is -2.37. The van der Waals surface area contributed by atoms with Crippen LogP contribution in [0, 0.1) is 13.8 Å². The van der Waals surface area contributed by atoms with Crippen LogP contribution in [0.4, 0.5) is 13.2 Å². The Kier molecular flexibility index (Phi) is 6.42. The Morgan fingerprint density at radius 3 is 2.61 bits per heavy atom. The minimum absolute atomic E-state index is 0.0191. The number of hydrogen-bond donors (Lipinski definition) is 0. The minimum atomic E-state index is -4.65. The van der Waals surface area contributed by atoms with Crippen LogP contribution in [0.25, 0.3) is 5.78 Å². The van der Waals surface area contributed by atoms with Gasteiger partial charge in [-0.15, -0.1) is 5.10 Å². The van der Waals surface area contributed by atoms with Crippen molar-refractivity contribution in [2.75, 3.05) is 20.1 Å². The van der Waals surface area contributed by atoms with E-state index < -0.39 is 12.0 Å². The maximum atomic E-state index is 13.3. The minimum Gasteiger partial charge on any atom is -0.467 e. The molecular formula is C22H27F3N6O2. The standard InChI is InChI=1S/C22H27F3N6O2/c1-14-18(15(2)31-21(26-14)27-20(28-31)22(23,24)25)6-7-19(32)30(13-17-5-4-12-33-17)16-8-10-29(3)11-9-16/h4-5,12,16H,6-11,13H2,1-3H3. The van der Waals surface area contributed by atoms with Crippen LogP contribution in [0.3, 0.4) is 0 Å². The highest BCUT2D eigenvalue weighted by Crippen LogP contribution is 2.27. The predicted molar refractivity (Wildman–Crippen MR) is 113 cm³/mol. The SMILES string of the molecule is Cc1nc2nc(C(F)(F)F)nn2c(C)c1CCC(=O)N(Cc1ccco1)C1CCN(C)CC1. The molecule has 0 unspecified atom stereocenters. The zero-order valence-electron chi connectivity index (χ0n) is 18.9. The molecule has 0 bridgehead atoms. The van der Waals surface area contributed by atoms with E-state index in [1.807, 2.05) is 11.0 Å². The molecular weight excluding hydrogens is 437 g/mol. The normalized spacial score (nSPS) is 15.9. The van der Waals surface area contributed by atoms with Crippen molar-refractivity contribution < 1.29 is 22.4 Å². The number of likely N-dealkylation sites (tertiary alicyclic amines) is 1. The van der Waals surface area contributed by atoms with E-state index in [4.69, 9.17) is 4.42 Å². The van der Waals surface area contributed by atoms with E-state index in [0.717, 1.165) is 36.2 Å². The van der Waals surface area contributed by atoms with Crippen LogP contribution in [-0.4, -0.2) is 61.5 Å². The maximum absolute atomic E-state index is 13.3. The Morgan fingerprint density at radius 1 is 1.24 bits per heavy atom. The third-order valence-corrected chi connectivity index (χ3v) is 6.25. The van der Waals surface area contributed by atoms with E-state index in [9.17, 15) is 18.0 Å². The molecule has 1 amide bonds. The van der Waals surface area contributed by atoms with Crippen molar-refractivity contribution in [2.24, 2.45) is 0 Å². The fraction of sp³-hybridized carbons (Fsp3) is 0.545. The van der Waals surface area contributed by atoms with Crippen molar-refractivity contribution in [3.8, 4) is 0 Å². The van der Waals surface area contributed by atoms with E-state index >= 15 is 0 Å². The van der Waals surface area contributed by atoms with Gasteiger partial charge in [-0.25, -0.2) is 9.50 Å². The Balaban J connectivity index is 1.54. The van der Waals surface area contributed by atoms with Crippen LogP contribution in [0.2, 0.25) is 0 Å². The highest BCUT2D eigenvalue weighted by Gasteiger charge is 2.37. The molecule has 1 aliphatic heterocycles. The molecule has 3 aromatic rings. The van der Waals surface area contributed by atoms with Crippen molar-refractivity contribution in [3.05, 3.63) is 46.9 Å². The second-order valence-electron chi connectivity index (χ2n) is 8.54. The van der Waals surface area contributed by atoms with Crippen molar-refractivity contribution in [1.29, 1.82) is 0 Å². The molecule has 0 aromatic carbocycles. The number of carbonyl (C=O) groups excluding carboxylic acids is 1. The molecule has 0 spiro atoms. The molecule has 0 radical (unpaired) electrons. The number of aryl methyl sites for hydroxylation is 2. The largest absolute Gasteiger partial charge is 0.467 e. The topological polar surface area (TPSA) is 79.8 Å². The number of fused-ring (bicyclic) bond motifs is 1. The van der Waals surface area contributed by atoms with E-state index in [2.05, 4.69) is 27.0 Å². The number of amides is 1. The summed E-state index contributed by atoms with van der Waals surface area (Å²) in [6.07, 6.45) is -0.732. The Hall–Kier alpha value is -2.95. The summed E-state index contributed by atoms with van der Waals surface area (Å²) in [6.45, 7) is 5.62. The van der Waals surface area contributed by atoms with Gasteiger partial charge in [0.05, 0.1) is 12.8 Å². The monoisotopic (exact) mass is 464 g/mol. The van der Waals surface area contributed by atoms with Gasteiger partial charge in [0, 0.05) is 23.9 Å². The summed E-state index contributed by atoms with van der Waals surface area (Å²) in [7, 11) is 2.07. The fourth-order valence-electron chi connectivity index (χ4n) is 4.36. The summed E-state index contributed by atoms with van der Waals surface area (Å²) in [5, 5.41) is 3.58. The zero-order chi connectivity index (χ0) is 23.8. The van der Waals surface area contributed by atoms with Gasteiger partial charge in [-0.3, -0.25) is 4.79 Å². The van der Waals surface area contributed by atoms with Gasteiger partial charge in [0.1, 0.15) is 5.76 Å². The summed E-state index contributed by atoms with van der Waals surface area (Å²) in [6, 6.07) is 3.77. The highest BCUT2D eigenvalue weighted by atomic mass is 19.4. The van der Waals surface area contributed by atoms with Crippen molar-refractivity contribution >= 4 is 11.7 Å². The number of aromatic nitrogens is 4. The second-order valence-corrected chi connectivity index (χ2v) is 8.54. The highest BCUT2D eigenvalue weighted by molar-refractivity contribution is 5.77. The number of furan rings is 1. The maximum Gasteiger partial charge on any atom is 0.453 e. The summed E-state index contributed by atoms with van der Waals surface area (Å²) >= 11 is 0. The van der Waals surface area contributed by atoms with Crippen molar-refractivity contribution in [1.82, 2.24) is 29.4 Å². The number of carbonyl (C=O) groups is 1. The molecule has 0 atom stereocenters. The van der Waals surface area contributed by atoms with Gasteiger partial charge >= 0.3 is 6.18 Å². The lowest BCUT2D eigenvalue weighted by molar-refractivity contribution is -0.144. The van der Waals surface area contributed by atoms with E-state index in [0.29, 0.717) is 29.9 Å². The summed E-state index contributed by atoms with van der Waals surface area (Å²) in [5.74, 6) is -0.620. The van der Waals surface area contributed by atoms with Crippen molar-refractivity contribution in [3.63, 3.8) is 0 Å². The molecule has 3 aromatic heterocycles. The first kappa shape index (κ1) is 23.2. The Morgan fingerprint density at radius 2 is 1.97 bits per heavy atom. The van der Waals surface area contributed by atoms with Gasteiger partial charge in [0.2, 0.25) is 5.91 Å². The van der Waals surface area contributed by atoms with E-state index in [-0.39, 0.29) is 24.1 Å². The molecule has 4 heterocycles. The smallest absolute Gasteiger partial charge is 0.453 e. The fourth-order valence-corrected chi connectivity index (χ4v) is 4.36. The lowest BCUT2D eigenvalue weighted by Crippen LogP contribution is -2.46. The summed E-state index contributed by atoms with van der Waals surface area (Å²) in [4.78, 5) is 25.1. The number of halogens is 3. The first-order chi connectivity index (χ1) is 15.6. The van der Waals surface area contributed by atoms with Gasteiger partial charge < -0.3 is 14.2 Å². The zero-order valence-corrected chi connectivity index (χ0v) is 18.9. The molecule has 0 saturated carbocycles. The first-order valence-electron chi connectivity index (χ1n) is 10.9. The molecule has 4 rings (SSSR count). The average Bonchev–Trinajstić information content (AvgIpc) is 3.42. The van der Waals surface area contributed by atoms with Crippen LogP contribution < -0.4 is 0 Å². The molecule has 178 valence electrons. The molecule has 11 heteroatoms. The van der Waals surface area contributed by atoms with Gasteiger partial charge in [0.25, 0.3) is 11.6 Å². The number of hydrogen-bond acceptors (Lipinski definition) is 6. The van der Waals surface area contributed by atoms with Gasteiger partial charge in [0.15, 0.2) is 0 Å². The predicted octanol–water partition coefficient (Wildman–Crippen LogP) is 3.41. The molecule has 33 heavy (non-hydrogen) atoms. The third-order valence-electron chi connectivity index (χ3n) is 6.25. The Bertz CT molecular complexity index is 1120. The van der Waals surface area contributed by atoms with Crippen LogP contribution in [-0.2, 0) is 23.9 Å². The lowest BCUT2D eigenvalue weighted by atomic mass is 10.0. The molecule has 0 N–H and O–H groups in total. The molecule has 1 fully saturated rings. The molecule has 8 nitrogen and oxygen atoms in total. The summed E-state index contributed by atoms with van der Waals surface area (Å²) < 4.78 is 45.7. The van der Waals surface area contributed by atoms with Crippen LogP contribution in [0.1, 0.15) is 47.8 Å².